The normalized spacial score (nSPS) is 26.6. The molecule has 2 N–H and O–H groups in total. The predicted octanol–water partition coefficient (Wildman–Crippen LogP) is 2.99. The monoisotopic (exact) mass is 593 g/mol. The SMILES string of the molecule is CNC(=O)C(CC1CC1)([C@H](CC1CC1)C(=O)N1C[C@@]2(C[C@H]1C#N)Oc1cc(F)cc(F)c1NC2=O)n1cc(C2CC2)nn1. The summed E-state index contributed by atoms with van der Waals surface area (Å²) in [7, 11) is 1.54. The van der Waals surface area contributed by atoms with Gasteiger partial charge in [0, 0.05) is 37.7 Å². The van der Waals surface area contributed by atoms with Crippen molar-refractivity contribution in [3.8, 4) is 11.8 Å². The zero-order valence-corrected chi connectivity index (χ0v) is 23.8. The first-order valence-corrected chi connectivity index (χ1v) is 15.0. The van der Waals surface area contributed by atoms with Crippen LogP contribution in [0.3, 0.4) is 0 Å². The van der Waals surface area contributed by atoms with Crippen molar-refractivity contribution in [3.63, 3.8) is 0 Å². The first-order valence-electron chi connectivity index (χ1n) is 15.0. The van der Waals surface area contributed by atoms with E-state index >= 15 is 0 Å². The second-order valence-electron chi connectivity index (χ2n) is 12.9. The van der Waals surface area contributed by atoms with Crippen molar-refractivity contribution in [1.82, 2.24) is 25.2 Å². The molecular formula is C30H33F2N7O4. The maximum absolute atomic E-state index is 14.8. The summed E-state index contributed by atoms with van der Waals surface area (Å²) in [4.78, 5) is 43.5. The average Bonchev–Trinajstić information content (AvgIpc) is 3.91. The fourth-order valence-corrected chi connectivity index (χ4v) is 6.85. The number of benzene rings is 1. The van der Waals surface area contributed by atoms with Gasteiger partial charge in [-0.2, -0.15) is 5.26 Å². The number of hydrogen-bond acceptors (Lipinski definition) is 7. The molecule has 2 aromatic rings. The number of amides is 3. The Morgan fingerprint density at radius 1 is 1.23 bits per heavy atom. The fourth-order valence-electron chi connectivity index (χ4n) is 6.85. The van der Waals surface area contributed by atoms with Crippen molar-refractivity contribution in [3.05, 3.63) is 35.7 Å². The number of carbonyl (C=O) groups excluding carboxylic acids is 3. The van der Waals surface area contributed by atoms with Gasteiger partial charge in [-0.05, 0) is 37.5 Å². The molecule has 1 aromatic heterocycles. The Morgan fingerprint density at radius 3 is 2.63 bits per heavy atom. The van der Waals surface area contributed by atoms with Gasteiger partial charge in [0.2, 0.25) is 17.4 Å². The van der Waals surface area contributed by atoms with E-state index in [0.717, 1.165) is 50.3 Å². The maximum atomic E-state index is 14.8. The van der Waals surface area contributed by atoms with Gasteiger partial charge in [0.05, 0.1) is 24.2 Å². The summed E-state index contributed by atoms with van der Waals surface area (Å²) >= 11 is 0. The standard InChI is InChI=1S/C30H33F2N7O4/c1-34-28(42)30(11-17-4-5-17,39-14-23(36-37-39)18-6-7-18)21(8-16-2-3-16)26(40)38-15-29(12-20(38)13-33)27(41)35-25-22(32)9-19(31)10-24(25)43-29/h9-10,14,16-18,20-21H,2-8,11-12,15H2,1H3,(H,34,42)(H,35,41)/t20-,21+,29+,30?/m0/s1. The smallest absolute Gasteiger partial charge is 0.270 e. The Bertz CT molecular complexity index is 1550. The van der Waals surface area contributed by atoms with Crippen LogP contribution in [0.15, 0.2) is 18.3 Å². The van der Waals surface area contributed by atoms with Crippen LogP contribution in [0.25, 0.3) is 0 Å². The molecule has 3 heterocycles. The molecule has 1 saturated heterocycles. The number of ether oxygens (including phenoxy) is 1. The molecule has 0 radical (unpaired) electrons. The van der Waals surface area contributed by atoms with Gasteiger partial charge in [-0.25, -0.2) is 13.5 Å². The summed E-state index contributed by atoms with van der Waals surface area (Å²) in [5.41, 5.74) is -2.61. The molecule has 7 rings (SSSR count). The summed E-state index contributed by atoms with van der Waals surface area (Å²) in [6.07, 6.45) is 8.11. The molecule has 3 saturated carbocycles. The zero-order chi connectivity index (χ0) is 30.1. The Morgan fingerprint density at radius 2 is 1.98 bits per heavy atom. The minimum atomic E-state index is -1.73. The highest BCUT2D eigenvalue weighted by Gasteiger charge is 2.61. The van der Waals surface area contributed by atoms with Gasteiger partial charge in [-0.15, -0.1) is 5.10 Å². The third kappa shape index (κ3) is 4.71. The third-order valence-electron chi connectivity index (χ3n) is 9.71. The number of nitrogens with zero attached hydrogens (tertiary/aromatic N) is 5. The molecule has 4 fully saturated rings. The largest absolute Gasteiger partial charge is 0.473 e. The van der Waals surface area contributed by atoms with Crippen molar-refractivity contribution >= 4 is 23.4 Å². The number of hydrogen-bond donors (Lipinski definition) is 2. The Labute approximate surface area is 246 Å². The molecule has 0 bridgehead atoms. The van der Waals surface area contributed by atoms with Crippen LogP contribution < -0.4 is 15.4 Å². The molecular weight excluding hydrogens is 560 g/mol. The van der Waals surface area contributed by atoms with Crippen LogP contribution in [-0.2, 0) is 19.9 Å². The third-order valence-corrected chi connectivity index (χ3v) is 9.71. The van der Waals surface area contributed by atoms with Crippen molar-refractivity contribution in [2.45, 2.75) is 80.9 Å². The quantitative estimate of drug-likeness (QED) is 0.455. The minimum Gasteiger partial charge on any atom is -0.473 e. The van der Waals surface area contributed by atoms with Crippen LogP contribution in [0, 0.1) is 40.7 Å². The first-order chi connectivity index (χ1) is 20.7. The van der Waals surface area contributed by atoms with E-state index in [1.807, 2.05) is 0 Å². The minimum absolute atomic E-state index is 0.195. The van der Waals surface area contributed by atoms with Gasteiger partial charge in [-0.1, -0.05) is 30.9 Å². The van der Waals surface area contributed by atoms with Gasteiger partial charge in [0.15, 0.2) is 17.1 Å². The predicted molar refractivity (Wildman–Crippen MR) is 146 cm³/mol. The number of likely N-dealkylation sites (N-methyl/N-ethyl adjacent to an activating group) is 1. The summed E-state index contributed by atoms with van der Waals surface area (Å²) in [6, 6.07) is 2.67. The number of likely N-dealkylation sites (tertiary alicyclic amines) is 1. The summed E-state index contributed by atoms with van der Waals surface area (Å²) in [5, 5.41) is 24.3. The van der Waals surface area contributed by atoms with Crippen molar-refractivity contribution < 1.29 is 27.9 Å². The van der Waals surface area contributed by atoms with Crippen molar-refractivity contribution in [2.75, 3.05) is 18.9 Å². The highest BCUT2D eigenvalue weighted by Crippen LogP contribution is 2.50. The molecule has 3 amide bonds. The highest BCUT2D eigenvalue weighted by atomic mass is 19.1. The molecule has 3 aliphatic carbocycles. The van der Waals surface area contributed by atoms with E-state index in [2.05, 4.69) is 27.0 Å². The number of rotatable bonds is 9. The Kier molecular flexibility index (Phi) is 6.45. The van der Waals surface area contributed by atoms with E-state index in [0.29, 0.717) is 18.9 Å². The van der Waals surface area contributed by atoms with E-state index in [4.69, 9.17) is 4.74 Å². The van der Waals surface area contributed by atoms with Gasteiger partial charge in [-0.3, -0.25) is 14.4 Å². The van der Waals surface area contributed by atoms with Gasteiger partial charge < -0.3 is 20.3 Å². The summed E-state index contributed by atoms with van der Waals surface area (Å²) in [5.74, 6) is -3.75. The molecule has 1 aromatic carbocycles. The van der Waals surface area contributed by atoms with Gasteiger partial charge >= 0.3 is 0 Å². The van der Waals surface area contributed by atoms with Crippen molar-refractivity contribution in [2.24, 2.45) is 17.8 Å². The molecule has 43 heavy (non-hydrogen) atoms. The molecule has 4 atom stereocenters. The number of nitriles is 1. The van der Waals surface area contributed by atoms with Gasteiger partial charge in [0.1, 0.15) is 17.5 Å². The van der Waals surface area contributed by atoms with E-state index in [-0.39, 0.29) is 48.1 Å². The van der Waals surface area contributed by atoms with Crippen LogP contribution in [0.5, 0.6) is 5.75 Å². The first kappa shape index (κ1) is 27.7. The molecule has 13 heteroatoms. The highest BCUT2D eigenvalue weighted by molar-refractivity contribution is 6.02. The lowest BCUT2D eigenvalue weighted by Gasteiger charge is -2.41. The van der Waals surface area contributed by atoms with Crippen LogP contribution >= 0.6 is 0 Å². The van der Waals surface area contributed by atoms with E-state index in [1.54, 1.807) is 17.9 Å². The maximum Gasteiger partial charge on any atom is 0.270 e. The van der Waals surface area contributed by atoms with Crippen LogP contribution in [-0.4, -0.2) is 62.9 Å². The number of halogens is 2. The molecule has 1 spiro atoms. The van der Waals surface area contributed by atoms with E-state index < -0.39 is 46.5 Å². The Hall–Kier alpha value is -4.08. The molecule has 2 aliphatic heterocycles. The lowest BCUT2D eigenvalue weighted by atomic mass is 9.74. The molecule has 5 aliphatic rings. The number of aromatic nitrogens is 3. The lowest BCUT2D eigenvalue weighted by molar-refractivity contribution is -0.150. The van der Waals surface area contributed by atoms with Gasteiger partial charge in [0.25, 0.3) is 5.91 Å². The second-order valence-corrected chi connectivity index (χ2v) is 12.9. The number of anilines is 1. The van der Waals surface area contributed by atoms with Crippen LogP contribution in [0.2, 0.25) is 0 Å². The van der Waals surface area contributed by atoms with E-state index in [1.165, 1.54) is 4.90 Å². The number of nitrogens with one attached hydrogen (secondary N) is 2. The topological polar surface area (TPSA) is 142 Å². The Balaban J connectivity index is 1.28. The number of fused-ring (bicyclic) bond motifs is 1. The number of carbonyl (C=O) groups is 3. The lowest BCUT2D eigenvalue weighted by Crippen LogP contribution is -2.59. The second kappa shape index (κ2) is 9.99. The summed E-state index contributed by atoms with van der Waals surface area (Å²) < 4.78 is 36.0. The van der Waals surface area contributed by atoms with Crippen LogP contribution in [0.1, 0.15) is 69.4 Å². The summed E-state index contributed by atoms with van der Waals surface area (Å²) in [6.45, 7) is -0.313. The molecule has 11 nitrogen and oxygen atoms in total. The fraction of sp³-hybridized carbons (Fsp3) is 0.600. The van der Waals surface area contributed by atoms with Crippen LogP contribution in [0.4, 0.5) is 14.5 Å². The van der Waals surface area contributed by atoms with Crippen molar-refractivity contribution in [1.29, 1.82) is 5.26 Å². The zero-order valence-electron chi connectivity index (χ0n) is 23.8. The molecule has 226 valence electrons. The average molecular weight is 594 g/mol. The van der Waals surface area contributed by atoms with E-state index in [9.17, 15) is 28.4 Å². The molecule has 1 unspecified atom stereocenters.